The molecular formula is C16H18O3. The molecule has 3 nitrogen and oxygen atoms in total. The summed E-state index contributed by atoms with van der Waals surface area (Å²) in [6.07, 6.45) is -0.772. The third-order valence-corrected chi connectivity index (χ3v) is 3.13. The van der Waals surface area contributed by atoms with Gasteiger partial charge in [-0.05, 0) is 24.6 Å². The summed E-state index contributed by atoms with van der Waals surface area (Å²) >= 11 is 0. The second-order valence-corrected chi connectivity index (χ2v) is 4.39. The van der Waals surface area contributed by atoms with E-state index in [-0.39, 0.29) is 0 Å². The zero-order valence-electron chi connectivity index (χ0n) is 11.4. The minimum absolute atomic E-state index is 0.618. The third kappa shape index (κ3) is 2.71. The van der Waals surface area contributed by atoms with Gasteiger partial charge in [0.2, 0.25) is 0 Å². The van der Waals surface area contributed by atoms with Crippen LogP contribution in [0, 0.1) is 6.92 Å². The largest absolute Gasteiger partial charge is 0.496 e. The zero-order chi connectivity index (χ0) is 13.8. The van der Waals surface area contributed by atoms with Gasteiger partial charge in [-0.15, -0.1) is 0 Å². The second kappa shape index (κ2) is 5.76. The quantitative estimate of drug-likeness (QED) is 0.915. The van der Waals surface area contributed by atoms with Gasteiger partial charge in [0.15, 0.2) is 0 Å². The first-order valence-electron chi connectivity index (χ1n) is 6.13. The molecule has 0 fully saturated rings. The molecule has 0 amide bonds. The first-order valence-corrected chi connectivity index (χ1v) is 6.13. The molecule has 0 heterocycles. The Balaban J connectivity index is 2.47. The molecule has 19 heavy (non-hydrogen) atoms. The topological polar surface area (TPSA) is 38.7 Å². The molecule has 0 bridgehead atoms. The Morgan fingerprint density at radius 1 is 0.895 bits per heavy atom. The monoisotopic (exact) mass is 258 g/mol. The lowest BCUT2D eigenvalue weighted by Crippen LogP contribution is -2.05. The summed E-state index contributed by atoms with van der Waals surface area (Å²) < 4.78 is 10.6. The standard InChI is InChI=1S/C16H18O3/c1-11-7-9-12(10-8-11)16(17)15-13(18-2)5-4-6-14(15)19-3/h4-10,16-17H,1-3H3. The number of aryl methyl sites for hydroxylation is 1. The van der Waals surface area contributed by atoms with Crippen molar-refractivity contribution in [3.63, 3.8) is 0 Å². The van der Waals surface area contributed by atoms with E-state index in [1.54, 1.807) is 14.2 Å². The third-order valence-electron chi connectivity index (χ3n) is 3.13. The molecule has 0 spiro atoms. The number of aliphatic hydroxyl groups excluding tert-OH is 1. The van der Waals surface area contributed by atoms with Crippen LogP contribution in [0.3, 0.4) is 0 Å². The SMILES string of the molecule is COc1cccc(OC)c1C(O)c1ccc(C)cc1. The van der Waals surface area contributed by atoms with E-state index in [4.69, 9.17) is 9.47 Å². The van der Waals surface area contributed by atoms with E-state index in [0.29, 0.717) is 17.1 Å². The van der Waals surface area contributed by atoms with Crippen molar-refractivity contribution in [1.82, 2.24) is 0 Å². The van der Waals surface area contributed by atoms with Gasteiger partial charge in [0.05, 0.1) is 19.8 Å². The molecule has 3 heteroatoms. The van der Waals surface area contributed by atoms with Crippen LogP contribution in [0.5, 0.6) is 11.5 Å². The highest BCUT2D eigenvalue weighted by Crippen LogP contribution is 2.37. The maximum atomic E-state index is 10.5. The molecule has 0 radical (unpaired) electrons. The highest BCUT2D eigenvalue weighted by Gasteiger charge is 2.20. The molecule has 2 aromatic carbocycles. The number of methoxy groups -OCH3 is 2. The molecule has 0 saturated heterocycles. The fourth-order valence-electron chi connectivity index (χ4n) is 2.06. The van der Waals surface area contributed by atoms with Crippen LogP contribution in [0.4, 0.5) is 0 Å². The van der Waals surface area contributed by atoms with Crippen LogP contribution in [0.25, 0.3) is 0 Å². The van der Waals surface area contributed by atoms with E-state index in [2.05, 4.69) is 0 Å². The maximum Gasteiger partial charge on any atom is 0.128 e. The van der Waals surface area contributed by atoms with E-state index in [1.165, 1.54) is 0 Å². The fourth-order valence-corrected chi connectivity index (χ4v) is 2.06. The number of hydrogen-bond acceptors (Lipinski definition) is 3. The van der Waals surface area contributed by atoms with E-state index in [1.807, 2.05) is 49.4 Å². The van der Waals surface area contributed by atoms with Crippen molar-refractivity contribution in [3.8, 4) is 11.5 Å². The lowest BCUT2D eigenvalue weighted by molar-refractivity contribution is 0.209. The van der Waals surface area contributed by atoms with Crippen LogP contribution in [-0.2, 0) is 0 Å². The smallest absolute Gasteiger partial charge is 0.128 e. The van der Waals surface area contributed by atoms with Crippen molar-refractivity contribution in [2.75, 3.05) is 14.2 Å². The van der Waals surface area contributed by atoms with Gasteiger partial charge in [-0.25, -0.2) is 0 Å². The van der Waals surface area contributed by atoms with Gasteiger partial charge in [0.1, 0.15) is 17.6 Å². The number of benzene rings is 2. The Morgan fingerprint density at radius 3 is 1.89 bits per heavy atom. The van der Waals surface area contributed by atoms with Crippen LogP contribution < -0.4 is 9.47 Å². The Hall–Kier alpha value is -2.00. The summed E-state index contributed by atoms with van der Waals surface area (Å²) in [5.41, 5.74) is 2.62. The van der Waals surface area contributed by atoms with Gasteiger partial charge in [-0.1, -0.05) is 35.9 Å². The van der Waals surface area contributed by atoms with Gasteiger partial charge >= 0.3 is 0 Å². The molecule has 2 aromatic rings. The average molecular weight is 258 g/mol. The Bertz CT molecular complexity index is 524. The van der Waals surface area contributed by atoms with Gasteiger partial charge in [0, 0.05) is 0 Å². The Morgan fingerprint density at radius 2 is 1.42 bits per heavy atom. The normalized spacial score (nSPS) is 12.0. The zero-order valence-corrected chi connectivity index (χ0v) is 11.4. The number of aliphatic hydroxyl groups is 1. The second-order valence-electron chi connectivity index (χ2n) is 4.39. The molecule has 100 valence electrons. The summed E-state index contributed by atoms with van der Waals surface area (Å²) in [6, 6.07) is 13.2. The fraction of sp³-hybridized carbons (Fsp3) is 0.250. The van der Waals surface area contributed by atoms with Crippen LogP contribution >= 0.6 is 0 Å². The highest BCUT2D eigenvalue weighted by atomic mass is 16.5. The maximum absolute atomic E-state index is 10.5. The van der Waals surface area contributed by atoms with E-state index in [0.717, 1.165) is 11.1 Å². The first-order chi connectivity index (χ1) is 9.17. The van der Waals surface area contributed by atoms with E-state index >= 15 is 0 Å². The molecule has 0 aliphatic heterocycles. The van der Waals surface area contributed by atoms with Crippen molar-refractivity contribution in [3.05, 3.63) is 59.2 Å². The molecule has 1 atom stereocenters. The molecule has 0 saturated carbocycles. The summed E-state index contributed by atoms with van der Waals surface area (Å²) in [5, 5.41) is 10.5. The molecule has 0 aliphatic rings. The van der Waals surface area contributed by atoms with Crippen LogP contribution in [0.15, 0.2) is 42.5 Å². The average Bonchev–Trinajstić information content (AvgIpc) is 2.46. The number of ether oxygens (including phenoxy) is 2. The van der Waals surface area contributed by atoms with Crippen LogP contribution in [0.2, 0.25) is 0 Å². The molecule has 2 rings (SSSR count). The van der Waals surface area contributed by atoms with Crippen molar-refractivity contribution >= 4 is 0 Å². The van der Waals surface area contributed by atoms with Crippen molar-refractivity contribution in [2.24, 2.45) is 0 Å². The lowest BCUT2D eigenvalue weighted by atomic mass is 9.99. The predicted octanol–water partition coefficient (Wildman–Crippen LogP) is 3.09. The lowest BCUT2D eigenvalue weighted by Gasteiger charge is -2.18. The van der Waals surface area contributed by atoms with Crippen molar-refractivity contribution in [1.29, 1.82) is 0 Å². The molecule has 0 aliphatic carbocycles. The van der Waals surface area contributed by atoms with E-state index < -0.39 is 6.10 Å². The van der Waals surface area contributed by atoms with Crippen LogP contribution in [0.1, 0.15) is 22.8 Å². The van der Waals surface area contributed by atoms with Crippen molar-refractivity contribution in [2.45, 2.75) is 13.0 Å². The minimum Gasteiger partial charge on any atom is -0.496 e. The van der Waals surface area contributed by atoms with Crippen LogP contribution in [-0.4, -0.2) is 19.3 Å². The summed E-state index contributed by atoms with van der Waals surface area (Å²) in [4.78, 5) is 0. The molecule has 1 N–H and O–H groups in total. The van der Waals surface area contributed by atoms with Gasteiger partial charge in [0.25, 0.3) is 0 Å². The summed E-state index contributed by atoms with van der Waals surface area (Å²) in [5.74, 6) is 1.24. The molecular weight excluding hydrogens is 240 g/mol. The first kappa shape index (κ1) is 13.4. The van der Waals surface area contributed by atoms with E-state index in [9.17, 15) is 5.11 Å². The van der Waals surface area contributed by atoms with Gasteiger partial charge < -0.3 is 14.6 Å². The minimum atomic E-state index is -0.772. The molecule has 1 unspecified atom stereocenters. The Kier molecular flexibility index (Phi) is 4.07. The summed E-state index contributed by atoms with van der Waals surface area (Å²) in [6.45, 7) is 2.01. The highest BCUT2D eigenvalue weighted by molar-refractivity contribution is 5.49. The summed E-state index contributed by atoms with van der Waals surface area (Å²) in [7, 11) is 3.17. The Labute approximate surface area is 113 Å². The predicted molar refractivity (Wildman–Crippen MR) is 74.8 cm³/mol. The van der Waals surface area contributed by atoms with Gasteiger partial charge in [-0.3, -0.25) is 0 Å². The molecule has 0 aromatic heterocycles. The number of rotatable bonds is 4. The van der Waals surface area contributed by atoms with Crippen molar-refractivity contribution < 1.29 is 14.6 Å². The van der Waals surface area contributed by atoms with Gasteiger partial charge in [-0.2, -0.15) is 0 Å². The number of hydrogen-bond donors (Lipinski definition) is 1.